The summed E-state index contributed by atoms with van der Waals surface area (Å²) in [7, 11) is 1.35. The summed E-state index contributed by atoms with van der Waals surface area (Å²) in [6, 6.07) is 0. The maximum atomic E-state index is 12.7. The number of nitrogens with one attached hydrogen (secondary N) is 1. The summed E-state index contributed by atoms with van der Waals surface area (Å²) >= 11 is 0. The van der Waals surface area contributed by atoms with E-state index in [0.29, 0.717) is 12.0 Å². The molecule has 2 atom stereocenters. The van der Waals surface area contributed by atoms with Crippen molar-refractivity contribution in [3.63, 3.8) is 0 Å². The predicted octanol–water partition coefficient (Wildman–Crippen LogP) is 3.19. The van der Waals surface area contributed by atoms with Crippen LogP contribution < -0.4 is 5.32 Å². The molecule has 3 aliphatic rings. The van der Waals surface area contributed by atoms with Crippen LogP contribution in [0.25, 0.3) is 0 Å². The van der Waals surface area contributed by atoms with Crippen LogP contribution in [-0.2, 0) is 9.53 Å². The summed E-state index contributed by atoms with van der Waals surface area (Å²) in [5.74, 6) is 1.94. The fourth-order valence-corrected chi connectivity index (χ4v) is 5.23. The first-order chi connectivity index (χ1) is 11.6. The zero-order valence-electron chi connectivity index (χ0n) is 15.2. The fourth-order valence-electron chi connectivity index (χ4n) is 5.23. The summed E-state index contributed by atoms with van der Waals surface area (Å²) in [5.41, 5.74) is 0.414. The van der Waals surface area contributed by atoms with E-state index in [4.69, 9.17) is 0 Å². The molecule has 0 aromatic rings. The minimum atomic E-state index is -0.462. The van der Waals surface area contributed by atoms with E-state index in [1.54, 1.807) is 0 Å². The standard InChI is InChI=1S/C19H32N2O3/c1-3-14(11-20-18(23)24-2)17(22)21-12-19(13-21)9-8-16(10-19)15-6-4-5-7-15/h14-16H,3-13H2,1-2H3,(H,20,23)/t14-,16?/m1/s1. The smallest absolute Gasteiger partial charge is 0.406 e. The molecule has 0 bridgehead atoms. The van der Waals surface area contributed by atoms with Gasteiger partial charge in [0.1, 0.15) is 0 Å². The van der Waals surface area contributed by atoms with Gasteiger partial charge in [-0.1, -0.05) is 32.6 Å². The molecule has 2 aliphatic carbocycles. The van der Waals surface area contributed by atoms with Crippen LogP contribution in [0.4, 0.5) is 4.79 Å². The monoisotopic (exact) mass is 336 g/mol. The molecule has 0 radical (unpaired) electrons. The maximum absolute atomic E-state index is 12.7. The fraction of sp³-hybridized carbons (Fsp3) is 0.895. The number of amides is 2. The lowest BCUT2D eigenvalue weighted by molar-refractivity contribution is -0.147. The van der Waals surface area contributed by atoms with Gasteiger partial charge in [-0.15, -0.1) is 0 Å². The number of methoxy groups -OCH3 is 1. The van der Waals surface area contributed by atoms with Gasteiger partial charge in [0.15, 0.2) is 0 Å². The van der Waals surface area contributed by atoms with Crippen molar-refractivity contribution in [3.8, 4) is 0 Å². The third-order valence-electron chi connectivity index (χ3n) is 6.69. The van der Waals surface area contributed by atoms with Crippen LogP contribution >= 0.6 is 0 Å². The number of nitrogens with zero attached hydrogens (tertiary/aromatic N) is 1. The van der Waals surface area contributed by atoms with E-state index in [9.17, 15) is 9.59 Å². The Balaban J connectivity index is 1.46. The summed E-state index contributed by atoms with van der Waals surface area (Å²) in [4.78, 5) is 25.9. The number of hydrogen-bond donors (Lipinski definition) is 1. The first-order valence-corrected chi connectivity index (χ1v) is 9.67. The van der Waals surface area contributed by atoms with Crippen LogP contribution in [0.1, 0.15) is 58.3 Å². The van der Waals surface area contributed by atoms with Crippen molar-refractivity contribution in [2.75, 3.05) is 26.7 Å². The molecule has 3 fully saturated rings. The zero-order valence-corrected chi connectivity index (χ0v) is 15.2. The molecule has 1 heterocycles. The summed E-state index contributed by atoms with van der Waals surface area (Å²) in [6.45, 7) is 4.24. The predicted molar refractivity (Wildman–Crippen MR) is 92.5 cm³/mol. The highest BCUT2D eigenvalue weighted by Gasteiger charge is 2.51. The SMILES string of the molecule is CC[C@H](CNC(=O)OC)C(=O)N1CC2(CCC(C3CCCC3)C2)C1. The van der Waals surface area contributed by atoms with E-state index in [0.717, 1.165) is 31.3 Å². The van der Waals surface area contributed by atoms with Crippen LogP contribution in [0.2, 0.25) is 0 Å². The van der Waals surface area contributed by atoms with Crippen molar-refractivity contribution in [2.24, 2.45) is 23.2 Å². The number of carbonyl (C=O) groups is 2. The first-order valence-electron chi connectivity index (χ1n) is 9.67. The highest BCUT2D eigenvalue weighted by atomic mass is 16.5. The van der Waals surface area contributed by atoms with Crippen LogP contribution in [0.3, 0.4) is 0 Å². The van der Waals surface area contributed by atoms with E-state index in [1.807, 2.05) is 11.8 Å². The van der Waals surface area contributed by atoms with Crippen LogP contribution in [0.15, 0.2) is 0 Å². The minimum Gasteiger partial charge on any atom is -0.453 e. The Morgan fingerprint density at radius 1 is 1.21 bits per heavy atom. The Bertz CT molecular complexity index is 467. The van der Waals surface area contributed by atoms with E-state index in [-0.39, 0.29) is 11.8 Å². The Morgan fingerprint density at radius 2 is 1.92 bits per heavy atom. The van der Waals surface area contributed by atoms with Gasteiger partial charge >= 0.3 is 6.09 Å². The van der Waals surface area contributed by atoms with Gasteiger partial charge in [-0.2, -0.15) is 0 Å². The molecule has 0 aromatic carbocycles. The second kappa shape index (κ2) is 7.32. The topological polar surface area (TPSA) is 58.6 Å². The van der Waals surface area contributed by atoms with Gasteiger partial charge in [-0.05, 0) is 37.5 Å². The van der Waals surface area contributed by atoms with Crippen molar-refractivity contribution in [1.29, 1.82) is 0 Å². The zero-order chi connectivity index (χ0) is 17.2. The molecular formula is C19H32N2O3. The van der Waals surface area contributed by atoms with Gasteiger partial charge in [-0.25, -0.2) is 4.79 Å². The maximum Gasteiger partial charge on any atom is 0.406 e. The molecular weight excluding hydrogens is 304 g/mol. The van der Waals surface area contributed by atoms with Crippen molar-refractivity contribution >= 4 is 12.0 Å². The number of likely N-dealkylation sites (tertiary alicyclic amines) is 1. The molecule has 1 aliphatic heterocycles. The molecule has 1 N–H and O–H groups in total. The van der Waals surface area contributed by atoms with Gasteiger partial charge in [0.05, 0.1) is 13.0 Å². The minimum absolute atomic E-state index is 0.131. The molecule has 5 nitrogen and oxygen atoms in total. The van der Waals surface area contributed by atoms with Crippen molar-refractivity contribution < 1.29 is 14.3 Å². The molecule has 24 heavy (non-hydrogen) atoms. The number of alkyl carbamates (subject to hydrolysis) is 1. The molecule has 1 saturated heterocycles. The average molecular weight is 336 g/mol. The molecule has 2 amide bonds. The van der Waals surface area contributed by atoms with Crippen molar-refractivity contribution in [3.05, 3.63) is 0 Å². The second-order valence-electron chi connectivity index (χ2n) is 8.22. The Labute approximate surface area is 145 Å². The van der Waals surface area contributed by atoms with Crippen LogP contribution in [-0.4, -0.2) is 43.6 Å². The first kappa shape index (κ1) is 17.6. The van der Waals surface area contributed by atoms with Crippen LogP contribution in [0, 0.1) is 23.2 Å². The molecule has 1 spiro atoms. The number of ether oxygens (including phenoxy) is 1. The molecule has 3 rings (SSSR count). The highest BCUT2D eigenvalue weighted by molar-refractivity contribution is 5.80. The van der Waals surface area contributed by atoms with Gasteiger partial charge in [0.25, 0.3) is 0 Å². The third kappa shape index (κ3) is 3.55. The lowest BCUT2D eigenvalue weighted by atomic mass is 9.75. The van der Waals surface area contributed by atoms with Gasteiger partial charge < -0.3 is 15.0 Å². The second-order valence-corrected chi connectivity index (χ2v) is 8.22. The molecule has 1 unspecified atom stereocenters. The molecule has 5 heteroatoms. The van der Waals surface area contributed by atoms with Crippen molar-refractivity contribution in [2.45, 2.75) is 58.3 Å². The van der Waals surface area contributed by atoms with Gasteiger partial charge in [0, 0.05) is 25.0 Å². The highest BCUT2D eigenvalue weighted by Crippen LogP contribution is 2.52. The third-order valence-corrected chi connectivity index (χ3v) is 6.69. The van der Waals surface area contributed by atoms with E-state index in [2.05, 4.69) is 10.1 Å². The normalized spacial score (nSPS) is 27.1. The van der Waals surface area contributed by atoms with E-state index < -0.39 is 6.09 Å². The Kier molecular flexibility index (Phi) is 5.36. The van der Waals surface area contributed by atoms with Gasteiger partial charge in [0.2, 0.25) is 5.91 Å². The van der Waals surface area contributed by atoms with Gasteiger partial charge in [-0.3, -0.25) is 4.79 Å². The molecule has 2 saturated carbocycles. The lowest BCUT2D eigenvalue weighted by Gasteiger charge is -2.49. The quantitative estimate of drug-likeness (QED) is 0.839. The summed E-state index contributed by atoms with van der Waals surface area (Å²) in [5, 5.41) is 2.66. The number of rotatable bonds is 5. The molecule has 136 valence electrons. The van der Waals surface area contributed by atoms with Crippen LogP contribution in [0.5, 0.6) is 0 Å². The summed E-state index contributed by atoms with van der Waals surface area (Å²) in [6.07, 6.45) is 9.99. The van der Waals surface area contributed by atoms with E-state index in [1.165, 1.54) is 52.1 Å². The van der Waals surface area contributed by atoms with E-state index >= 15 is 0 Å². The largest absolute Gasteiger partial charge is 0.453 e. The number of hydrogen-bond acceptors (Lipinski definition) is 3. The Morgan fingerprint density at radius 3 is 2.54 bits per heavy atom. The summed E-state index contributed by atoms with van der Waals surface area (Å²) < 4.78 is 4.59. The number of carbonyl (C=O) groups excluding carboxylic acids is 2. The lowest BCUT2D eigenvalue weighted by Crippen LogP contribution is -2.59. The average Bonchev–Trinajstić information content (AvgIpc) is 3.22. The Hall–Kier alpha value is -1.26. The van der Waals surface area contributed by atoms with Crippen molar-refractivity contribution in [1.82, 2.24) is 10.2 Å². The molecule has 0 aromatic heterocycles.